The number of nitrogens with two attached hydrogens (primary N) is 1. The van der Waals surface area contributed by atoms with Crippen LogP contribution in [0.15, 0.2) is 18.2 Å². The van der Waals surface area contributed by atoms with Crippen molar-refractivity contribution in [1.29, 1.82) is 0 Å². The van der Waals surface area contributed by atoms with Crippen LogP contribution in [0.1, 0.15) is 31.2 Å². The van der Waals surface area contributed by atoms with E-state index in [0.29, 0.717) is 12.3 Å². The Kier molecular flexibility index (Phi) is 2.54. The smallest absolute Gasteiger partial charge is 0.227 e. The summed E-state index contributed by atoms with van der Waals surface area (Å²) in [6.45, 7) is 0.801. The second-order valence-electron chi connectivity index (χ2n) is 5.14. The number of nitrogen functional groups attached to an aromatic ring is 1. The molecule has 17 heavy (non-hydrogen) atoms. The Labute approximate surface area is 102 Å². The van der Waals surface area contributed by atoms with E-state index >= 15 is 0 Å². The van der Waals surface area contributed by atoms with Crippen LogP contribution in [-0.2, 0) is 11.2 Å². The van der Waals surface area contributed by atoms with Crippen LogP contribution in [0.4, 0.5) is 11.4 Å². The van der Waals surface area contributed by atoms with E-state index in [-0.39, 0.29) is 5.91 Å². The number of hydrogen-bond donors (Lipinski definition) is 1. The van der Waals surface area contributed by atoms with Gasteiger partial charge in [0.1, 0.15) is 0 Å². The van der Waals surface area contributed by atoms with E-state index in [1.54, 1.807) is 0 Å². The molecule has 1 aromatic carbocycles. The van der Waals surface area contributed by atoms with Gasteiger partial charge in [-0.05, 0) is 37.3 Å². The SMILES string of the molecule is Nc1cccc2c1CCN2C(=O)CC1CCC1. The van der Waals surface area contributed by atoms with Crippen molar-refractivity contribution in [3.63, 3.8) is 0 Å². The minimum absolute atomic E-state index is 0.277. The standard InChI is InChI=1S/C14H18N2O/c15-12-5-2-6-13-11(12)7-8-16(13)14(17)9-10-3-1-4-10/h2,5-6,10H,1,3-4,7-9,15H2. The fourth-order valence-corrected chi connectivity index (χ4v) is 2.77. The van der Waals surface area contributed by atoms with Crippen molar-refractivity contribution in [2.24, 2.45) is 5.92 Å². The number of rotatable bonds is 2. The molecule has 1 aliphatic carbocycles. The molecule has 1 fully saturated rings. The van der Waals surface area contributed by atoms with Crippen LogP contribution in [-0.4, -0.2) is 12.5 Å². The Morgan fingerprint density at radius 1 is 1.41 bits per heavy atom. The molecule has 1 aromatic rings. The summed E-state index contributed by atoms with van der Waals surface area (Å²) in [5.41, 5.74) is 8.94. The van der Waals surface area contributed by atoms with Crippen molar-refractivity contribution in [2.45, 2.75) is 32.1 Å². The molecule has 0 radical (unpaired) electrons. The molecule has 3 heteroatoms. The molecule has 0 bridgehead atoms. The summed E-state index contributed by atoms with van der Waals surface area (Å²) < 4.78 is 0. The maximum absolute atomic E-state index is 12.2. The molecule has 0 saturated heterocycles. The van der Waals surface area contributed by atoms with Gasteiger partial charge >= 0.3 is 0 Å². The van der Waals surface area contributed by atoms with Gasteiger partial charge in [-0.15, -0.1) is 0 Å². The van der Waals surface area contributed by atoms with Crippen LogP contribution in [0, 0.1) is 5.92 Å². The third-order valence-electron chi connectivity index (χ3n) is 4.05. The second kappa shape index (κ2) is 4.06. The topological polar surface area (TPSA) is 46.3 Å². The maximum atomic E-state index is 12.2. The molecule has 0 aromatic heterocycles. The summed E-state index contributed by atoms with van der Waals surface area (Å²) in [6.07, 6.45) is 5.36. The molecule has 2 aliphatic rings. The summed E-state index contributed by atoms with van der Waals surface area (Å²) in [7, 11) is 0. The zero-order valence-corrected chi connectivity index (χ0v) is 9.98. The van der Waals surface area contributed by atoms with Crippen molar-refractivity contribution in [3.05, 3.63) is 23.8 Å². The minimum Gasteiger partial charge on any atom is -0.398 e. The molecule has 0 atom stereocenters. The number of fused-ring (bicyclic) bond motifs is 1. The lowest BCUT2D eigenvalue weighted by Crippen LogP contribution is -2.31. The first-order valence-electron chi connectivity index (χ1n) is 6.43. The number of benzene rings is 1. The molecule has 2 N–H and O–H groups in total. The summed E-state index contributed by atoms with van der Waals surface area (Å²) in [4.78, 5) is 14.1. The van der Waals surface area contributed by atoms with E-state index in [1.165, 1.54) is 19.3 Å². The molecule has 3 rings (SSSR count). The van der Waals surface area contributed by atoms with Gasteiger partial charge in [-0.2, -0.15) is 0 Å². The molecule has 1 amide bonds. The number of carbonyl (C=O) groups excluding carboxylic acids is 1. The van der Waals surface area contributed by atoms with Crippen molar-refractivity contribution >= 4 is 17.3 Å². The molecular formula is C14H18N2O. The van der Waals surface area contributed by atoms with E-state index in [2.05, 4.69) is 0 Å². The third-order valence-corrected chi connectivity index (χ3v) is 4.05. The third kappa shape index (κ3) is 1.79. The number of hydrogen-bond acceptors (Lipinski definition) is 2. The van der Waals surface area contributed by atoms with Crippen molar-refractivity contribution in [2.75, 3.05) is 17.2 Å². The molecular weight excluding hydrogens is 212 g/mol. The lowest BCUT2D eigenvalue weighted by atomic mass is 9.82. The molecule has 1 saturated carbocycles. The summed E-state index contributed by atoms with van der Waals surface area (Å²) in [5, 5.41) is 0. The Morgan fingerprint density at radius 3 is 2.94 bits per heavy atom. The van der Waals surface area contributed by atoms with E-state index in [9.17, 15) is 4.79 Å². The summed E-state index contributed by atoms with van der Waals surface area (Å²) in [5.74, 6) is 0.909. The molecule has 0 spiro atoms. The van der Waals surface area contributed by atoms with Crippen molar-refractivity contribution < 1.29 is 4.79 Å². The summed E-state index contributed by atoms with van der Waals surface area (Å²) in [6, 6.07) is 5.86. The normalized spacial score (nSPS) is 18.9. The Hall–Kier alpha value is -1.51. The average Bonchev–Trinajstić information content (AvgIpc) is 2.68. The van der Waals surface area contributed by atoms with Gasteiger partial charge in [-0.3, -0.25) is 4.79 Å². The predicted octanol–water partition coefficient (Wildman–Crippen LogP) is 2.35. The zero-order chi connectivity index (χ0) is 11.8. The highest BCUT2D eigenvalue weighted by atomic mass is 16.2. The van der Waals surface area contributed by atoms with Gasteiger partial charge in [0.25, 0.3) is 0 Å². The van der Waals surface area contributed by atoms with Gasteiger partial charge in [0, 0.05) is 29.9 Å². The highest BCUT2D eigenvalue weighted by Crippen LogP contribution is 2.35. The molecule has 90 valence electrons. The van der Waals surface area contributed by atoms with Gasteiger partial charge < -0.3 is 10.6 Å². The van der Waals surface area contributed by atoms with Crippen LogP contribution >= 0.6 is 0 Å². The van der Waals surface area contributed by atoms with Gasteiger partial charge in [-0.25, -0.2) is 0 Å². The number of carbonyl (C=O) groups is 1. The first-order chi connectivity index (χ1) is 8.25. The Morgan fingerprint density at radius 2 is 2.24 bits per heavy atom. The quantitative estimate of drug-likeness (QED) is 0.793. The fourth-order valence-electron chi connectivity index (χ4n) is 2.77. The molecule has 1 heterocycles. The monoisotopic (exact) mass is 230 g/mol. The predicted molar refractivity (Wildman–Crippen MR) is 68.9 cm³/mol. The van der Waals surface area contributed by atoms with Gasteiger partial charge in [0.05, 0.1) is 0 Å². The van der Waals surface area contributed by atoms with Crippen LogP contribution in [0.3, 0.4) is 0 Å². The van der Waals surface area contributed by atoms with Gasteiger partial charge in [0.2, 0.25) is 5.91 Å². The van der Waals surface area contributed by atoms with Crippen LogP contribution in [0.5, 0.6) is 0 Å². The van der Waals surface area contributed by atoms with Gasteiger partial charge in [-0.1, -0.05) is 12.5 Å². The number of amides is 1. The first-order valence-corrected chi connectivity index (χ1v) is 6.43. The maximum Gasteiger partial charge on any atom is 0.227 e. The van der Waals surface area contributed by atoms with Crippen LogP contribution in [0.25, 0.3) is 0 Å². The van der Waals surface area contributed by atoms with Crippen molar-refractivity contribution in [1.82, 2.24) is 0 Å². The van der Waals surface area contributed by atoms with Crippen LogP contribution in [0.2, 0.25) is 0 Å². The largest absolute Gasteiger partial charge is 0.398 e. The molecule has 1 aliphatic heterocycles. The number of nitrogens with zero attached hydrogens (tertiary/aromatic N) is 1. The molecule has 3 nitrogen and oxygen atoms in total. The lowest BCUT2D eigenvalue weighted by Gasteiger charge is -2.27. The Bertz CT molecular complexity index is 452. The van der Waals surface area contributed by atoms with Crippen molar-refractivity contribution in [3.8, 4) is 0 Å². The molecule has 0 unspecified atom stereocenters. The minimum atomic E-state index is 0.277. The average molecular weight is 230 g/mol. The second-order valence-corrected chi connectivity index (χ2v) is 5.14. The van der Waals surface area contributed by atoms with E-state index in [4.69, 9.17) is 5.73 Å². The van der Waals surface area contributed by atoms with E-state index in [1.807, 2.05) is 23.1 Å². The fraction of sp³-hybridized carbons (Fsp3) is 0.500. The highest BCUT2D eigenvalue weighted by molar-refractivity contribution is 5.96. The first kappa shape index (κ1) is 10.6. The highest BCUT2D eigenvalue weighted by Gasteiger charge is 2.29. The summed E-state index contributed by atoms with van der Waals surface area (Å²) >= 11 is 0. The zero-order valence-electron chi connectivity index (χ0n) is 9.98. The van der Waals surface area contributed by atoms with Crippen LogP contribution < -0.4 is 10.6 Å². The number of anilines is 2. The van der Waals surface area contributed by atoms with E-state index < -0.39 is 0 Å². The van der Waals surface area contributed by atoms with Gasteiger partial charge in [0.15, 0.2) is 0 Å². The lowest BCUT2D eigenvalue weighted by molar-refractivity contribution is -0.120. The Balaban J connectivity index is 1.78. The van der Waals surface area contributed by atoms with E-state index in [0.717, 1.165) is 29.9 Å².